The molecule has 15 heavy (non-hydrogen) atoms. The van der Waals surface area contributed by atoms with Crippen molar-refractivity contribution in [2.45, 2.75) is 32.6 Å². The Balaban J connectivity index is 2.19. The van der Waals surface area contributed by atoms with Gasteiger partial charge in [0, 0.05) is 13.1 Å². The number of nitrogens with two attached hydrogens (primary N) is 1. The van der Waals surface area contributed by atoms with E-state index in [9.17, 15) is 0 Å². The molecule has 0 unspecified atom stereocenters. The fraction of sp³-hybridized carbons (Fsp3) is 0.700. The molecule has 0 aromatic carbocycles. The molecule has 1 saturated heterocycles. The van der Waals surface area contributed by atoms with Gasteiger partial charge in [-0.1, -0.05) is 12.8 Å². The Bertz CT molecular complexity index is 310. The Morgan fingerprint density at radius 1 is 1.00 bits per heavy atom. The van der Waals surface area contributed by atoms with Gasteiger partial charge in [-0.25, -0.2) is 0 Å². The van der Waals surface area contributed by atoms with Crippen LogP contribution in [0.15, 0.2) is 0 Å². The average Bonchev–Trinajstić information content (AvgIpc) is 2.43. The highest BCUT2D eigenvalue weighted by atomic mass is 15.3. The zero-order valence-electron chi connectivity index (χ0n) is 9.11. The van der Waals surface area contributed by atoms with Crippen LogP contribution in [0.25, 0.3) is 0 Å². The maximum absolute atomic E-state index is 5.62. The standard InChI is InChI=1S/C10H17N5/c1-8-12-9(11)14-10(13-8)15-6-4-2-3-5-7-15/h2-7H2,1H3,(H2,11,12,13,14). The van der Waals surface area contributed by atoms with Crippen molar-refractivity contribution >= 4 is 11.9 Å². The molecule has 0 atom stereocenters. The van der Waals surface area contributed by atoms with Gasteiger partial charge in [0.05, 0.1) is 0 Å². The lowest BCUT2D eigenvalue weighted by molar-refractivity contribution is 0.726. The summed E-state index contributed by atoms with van der Waals surface area (Å²) < 4.78 is 0. The van der Waals surface area contributed by atoms with Gasteiger partial charge >= 0.3 is 0 Å². The first kappa shape index (κ1) is 10.1. The van der Waals surface area contributed by atoms with Crippen molar-refractivity contribution in [1.29, 1.82) is 0 Å². The van der Waals surface area contributed by atoms with E-state index in [1.807, 2.05) is 6.92 Å². The molecule has 0 amide bonds. The summed E-state index contributed by atoms with van der Waals surface area (Å²) in [6.07, 6.45) is 5.03. The lowest BCUT2D eigenvalue weighted by atomic mass is 10.2. The highest BCUT2D eigenvalue weighted by Crippen LogP contribution is 2.15. The highest BCUT2D eigenvalue weighted by Gasteiger charge is 2.13. The third kappa shape index (κ3) is 2.55. The Morgan fingerprint density at radius 2 is 1.67 bits per heavy atom. The Labute approximate surface area is 89.7 Å². The maximum Gasteiger partial charge on any atom is 0.230 e. The van der Waals surface area contributed by atoms with Crippen LogP contribution in [-0.2, 0) is 0 Å². The van der Waals surface area contributed by atoms with Gasteiger partial charge in [0.1, 0.15) is 5.82 Å². The predicted molar refractivity (Wildman–Crippen MR) is 59.7 cm³/mol. The topological polar surface area (TPSA) is 67.9 Å². The van der Waals surface area contributed by atoms with Crippen LogP contribution in [0.4, 0.5) is 11.9 Å². The van der Waals surface area contributed by atoms with Gasteiger partial charge in [-0.2, -0.15) is 15.0 Å². The van der Waals surface area contributed by atoms with E-state index in [4.69, 9.17) is 5.73 Å². The molecule has 5 heteroatoms. The predicted octanol–water partition coefficient (Wildman–Crippen LogP) is 1.14. The molecule has 1 aromatic rings. The van der Waals surface area contributed by atoms with E-state index in [2.05, 4.69) is 19.9 Å². The van der Waals surface area contributed by atoms with E-state index in [-0.39, 0.29) is 0 Å². The minimum Gasteiger partial charge on any atom is -0.368 e. The monoisotopic (exact) mass is 207 g/mol. The smallest absolute Gasteiger partial charge is 0.230 e. The third-order valence-corrected chi connectivity index (χ3v) is 2.64. The van der Waals surface area contributed by atoms with Crippen LogP contribution in [-0.4, -0.2) is 28.0 Å². The van der Waals surface area contributed by atoms with Gasteiger partial charge < -0.3 is 10.6 Å². The number of rotatable bonds is 1. The van der Waals surface area contributed by atoms with Crippen molar-refractivity contribution in [2.75, 3.05) is 23.7 Å². The molecule has 0 radical (unpaired) electrons. The van der Waals surface area contributed by atoms with Gasteiger partial charge in [-0.3, -0.25) is 0 Å². The van der Waals surface area contributed by atoms with Crippen molar-refractivity contribution in [1.82, 2.24) is 15.0 Å². The van der Waals surface area contributed by atoms with E-state index in [0.29, 0.717) is 11.8 Å². The second-order valence-electron chi connectivity index (χ2n) is 3.94. The van der Waals surface area contributed by atoms with Gasteiger partial charge in [0.2, 0.25) is 11.9 Å². The number of hydrogen-bond donors (Lipinski definition) is 1. The minimum absolute atomic E-state index is 0.321. The van der Waals surface area contributed by atoms with Gasteiger partial charge in [0.15, 0.2) is 0 Å². The number of anilines is 2. The summed E-state index contributed by atoms with van der Waals surface area (Å²) in [5.74, 6) is 1.75. The van der Waals surface area contributed by atoms with Gasteiger partial charge in [-0.15, -0.1) is 0 Å². The number of nitrogens with zero attached hydrogens (tertiary/aromatic N) is 4. The molecule has 0 bridgehead atoms. The molecule has 0 spiro atoms. The van der Waals surface area contributed by atoms with Gasteiger partial charge in [0.25, 0.3) is 0 Å². The molecule has 1 aromatic heterocycles. The second-order valence-corrected chi connectivity index (χ2v) is 3.94. The summed E-state index contributed by atoms with van der Waals surface area (Å²) in [5.41, 5.74) is 5.62. The van der Waals surface area contributed by atoms with Crippen LogP contribution in [0.2, 0.25) is 0 Å². The van der Waals surface area contributed by atoms with Crippen molar-refractivity contribution in [3.05, 3.63) is 5.82 Å². The lowest BCUT2D eigenvalue weighted by Gasteiger charge is -2.20. The molecule has 0 aliphatic carbocycles. The van der Waals surface area contributed by atoms with Crippen molar-refractivity contribution in [2.24, 2.45) is 0 Å². The molecule has 5 nitrogen and oxygen atoms in total. The molecule has 2 heterocycles. The molecule has 2 rings (SSSR count). The van der Waals surface area contributed by atoms with E-state index < -0.39 is 0 Å². The molecule has 1 aliphatic heterocycles. The first-order chi connectivity index (χ1) is 7.25. The Kier molecular flexibility index (Phi) is 2.99. The van der Waals surface area contributed by atoms with Crippen LogP contribution >= 0.6 is 0 Å². The number of hydrogen-bond acceptors (Lipinski definition) is 5. The minimum atomic E-state index is 0.321. The molecule has 0 saturated carbocycles. The number of aryl methyl sites for hydroxylation is 1. The van der Waals surface area contributed by atoms with Crippen LogP contribution in [0, 0.1) is 6.92 Å². The van der Waals surface area contributed by atoms with Crippen LogP contribution in [0.5, 0.6) is 0 Å². The number of nitrogen functional groups attached to an aromatic ring is 1. The van der Waals surface area contributed by atoms with Crippen molar-refractivity contribution < 1.29 is 0 Å². The molecule has 82 valence electrons. The fourth-order valence-corrected chi connectivity index (χ4v) is 1.90. The second kappa shape index (κ2) is 4.42. The molecule has 2 N–H and O–H groups in total. The average molecular weight is 207 g/mol. The summed E-state index contributed by atoms with van der Waals surface area (Å²) in [6, 6.07) is 0. The molecular formula is C10H17N5. The SMILES string of the molecule is Cc1nc(N)nc(N2CCCCCC2)n1. The summed E-state index contributed by atoms with van der Waals surface area (Å²) in [7, 11) is 0. The Morgan fingerprint density at radius 3 is 2.27 bits per heavy atom. The van der Waals surface area contributed by atoms with Crippen LogP contribution in [0.1, 0.15) is 31.5 Å². The highest BCUT2D eigenvalue weighted by molar-refractivity contribution is 5.34. The summed E-state index contributed by atoms with van der Waals surface area (Å²) in [4.78, 5) is 14.7. The normalized spacial score (nSPS) is 17.5. The van der Waals surface area contributed by atoms with E-state index in [0.717, 1.165) is 19.0 Å². The van der Waals surface area contributed by atoms with Crippen molar-refractivity contribution in [3.8, 4) is 0 Å². The first-order valence-corrected chi connectivity index (χ1v) is 5.49. The van der Waals surface area contributed by atoms with Gasteiger partial charge in [-0.05, 0) is 19.8 Å². The summed E-state index contributed by atoms with van der Waals surface area (Å²) in [5, 5.41) is 0. The van der Waals surface area contributed by atoms with Crippen molar-refractivity contribution in [3.63, 3.8) is 0 Å². The van der Waals surface area contributed by atoms with E-state index in [1.54, 1.807) is 0 Å². The summed E-state index contributed by atoms with van der Waals surface area (Å²) >= 11 is 0. The van der Waals surface area contributed by atoms with E-state index in [1.165, 1.54) is 25.7 Å². The quantitative estimate of drug-likeness (QED) is 0.748. The van der Waals surface area contributed by atoms with Crippen LogP contribution in [0.3, 0.4) is 0 Å². The third-order valence-electron chi connectivity index (χ3n) is 2.64. The fourth-order valence-electron chi connectivity index (χ4n) is 1.90. The molecule has 1 aliphatic rings. The largest absolute Gasteiger partial charge is 0.368 e. The molecular weight excluding hydrogens is 190 g/mol. The van der Waals surface area contributed by atoms with E-state index >= 15 is 0 Å². The molecule has 1 fully saturated rings. The zero-order chi connectivity index (χ0) is 10.7. The van der Waals surface area contributed by atoms with Crippen LogP contribution < -0.4 is 10.6 Å². The first-order valence-electron chi connectivity index (χ1n) is 5.49. The maximum atomic E-state index is 5.62. The number of aromatic nitrogens is 3. The summed E-state index contributed by atoms with van der Waals surface area (Å²) in [6.45, 7) is 3.91. The zero-order valence-corrected chi connectivity index (χ0v) is 9.11. The Hall–Kier alpha value is -1.39. The lowest BCUT2D eigenvalue weighted by Crippen LogP contribution is -2.26.